The van der Waals surface area contributed by atoms with Crippen LogP contribution in [-0.4, -0.2) is 25.2 Å². The van der Waals surface area contributed by atoms with E-state index in [0.717, 1.165) is 6.42 Å². The number of ketones is 1. The average Bonchev–Trinajstić information content (AvgIpc) is 2.28. The lowest BCUT2D eigenvalue weighted by Crippen LogP contribution is -2.24. The molecule has 0 aromatic carbocycles. The zero-order valence-corrected chi connectivity index (χ0v) is 8.93. The van der Waals surface area contributed by atoms with Gasteiger partial charge in [0, 0.05) is 12.3 Å². The van der Waals surface area contributed by atoms with Crippen molar-refractivity contribution in [2.45, 2.75) is 38.4 Å². The van der Waals surface area contributed by atoms with Crippen LogP contribution in [0, 0.1) is 5.92 Å². The lowest BCUT2D eigenvalue weighted by Gasteiger charge is -2.11. The zero-order chi connectivity index (χ0) is 10.1. The van der Waals surface area contributed by atoms with Gasteiger partial charge in [-0.15, -0.1) is 0 Å². The molecular weight excluding hydrogens is 188 g/mol. The lowest BCUT2D eigenvalue weighted by molar-refractivity contribution is -0.122. The molecule has 0 N–H and O–H groups in total. The van der Waals surface area contributed by atoms with E-state index in [1.807, 2.05) is 6.92 Å². The summed E-state index contributed by atoms with van der Waals surface area (Å²) in [4.78, 5) is 11.5. The molecule has 2 atom stereocenters. The SMILES string of the molecule is CCCC(=O)C1CCS(=O)(=O)C1C. The molecule has 1 rings (SSSR count). The van der Waals surface area contributed by atoms with Crippen molar-refractivity contribution in [1.29, 1.82) is 0 Å². The Labute approximate surface area is 79.4 Å². The highest BCUT2D eigenvalue weighted by molar-refractivity contribution is 7.92. The fourth-order valence-electron chi connectivity index (χ4n) is 1.82. The van der Waals surface area contributed by atoms with Gasteiger partial charge in [-0.2, -0.15) is 0 Å². The summed E-state index contributed by atoms with van der Waals surface area (Å²) in [6.45, 7) is 3.59. The van der Waals surface area contributed by atoms with Gasteiger partial charge in [-0.3, -0.25) is 4.79 Å². The molecule has 0 aromatic rings. The molecule has 0 bridgehead atoms. The van der Waals surface area contributed by atoms with Gasteiger partial charge in [-0.25, -0.2) is 8.42 Å². The standard InChI is InChI=1S/C9H16O3S/c1-3-4-9(10)8-5-6-13(11,12)7(8)2/h7-8H,3-6H2,1-2H3. The molecule has 0 aliphatic carbocycles. The van der Waals surface area contributed by atoms with Crippen LogP contribution in [-0.2, 0) is 14.6 Å². The van der Waals surface area contributed by atoms with Crippen molar-refractivity contribution in [3.63, 3.8) is 0 Å². The molecule has 1 saturated heterocycles. The summed E-state index contributed by atoms with van der Waals surface area (Å²) in [6.07, 6.45) is 1.86. The fraction of sp³-hybridized carbons (Fsp3) is 0.889. The Bertz CT molecular complexity index is 292. The molecule has 13 heavy (non-hydrogen) atoms. The summed E-state index contributed by atoms with van der Waals surface area (Å²) in [5, 5.41) is -0.452. The molecule has 2 unspecified atom stereocenters. The van der Waals surface area contributed by atoms with Gasteiger partial charge >= 0.3 is 0 Å². The first-order chi connectivity index (χ1) is 5.99. The molecule has 0 radical (unpaired) electrons. The van der Waals surface area contributed by atoms with E-state index >= 15 is 0 Å². The molecule has 1 fully saturated rings. The second-order valence-electron chi connectivity index (χ2n) is 3.68. The number of hydrogen-bond donors (Lipinski definition) is 0. The van der Waals surface area contributed by atoms with Gasteiger partial charge in [-0.1, -0.05) is 6.92 Å². The average molecular weight is 204 g/mol. The molecular formula is C9H16O3S. The Morgan fingerprint density at radius 3 is 2.46 bits per heavy atom. The topological polar surface area (TPSA) is 51.2 Å². The Morgan fingerprint density at radius 2 is 2.08 bits per heavy atom. The molecule has 1 aliphatic heterocycles. The monoisotopic (exact) mass is 204 g/mol. The van der Waals surface area contributed by atoms with E-state index in [4.69, 9.17) is 0 Å². The maximum Gasteiger partial charge on any atom is 0.153 e. The summed E-state index contributed by atoms with van der Waals surface area (Å²) in [5.74, 6) is 0.0786. The summed E-state index contributed by atoms with van der Waals surface area (Å²) in [5.41, 5.74) is 0. The van der Waals surface area contributed by atoms with Crippen LogP contribution in [0.2, 0.25) is 0 Å². The molecule has 4 heteroatoms. The number of carbonyl (C=O) groups is 1. The second kappa shape index (κ2) is 3.78. The van der Waals surface area contributed by atoms with Crippen LogP contribution in [0.4, 0.5) is 0 Å². The fourth-order valence-corrected chi connectivity index (χ4v) is 3.56. The molecule has 0 spiro atoms. The summed E-state index contributed by atoms with van der Waals surface area (Å²) in [6, 6.07) is 0. The predicted molar refractivity (Wildman–Crippen MR) is 51.3 cm³/mol. The predicted octanol–water partition coefficient (Wildman–Crippen LogP) is 1.18. The van der Waals surface area contributed by atoms with Crippen molar-refractivity contribution in [3.8, 4) is 0 Å². The van der Waals surface area contributed by atoms with E-state index in [1.165, 1.54) is 0 Å². The first-order valence-electron chi connectivity index (χ1n) is 4.73. The van der Waals surface area contributed by atoms with Crippen molar-refractivity contribution >= 4 is 15.6 Å². The van der Waals surface area contributed by atoms with E-state index in [-0.39, 0.29) is 17.5 Å². The van der Waals surface area contributed by atoms with E-state index in [0.29, 0.717) is 12.8 Å². The van der Waals surface area contributed by atoms with E-state index in [2.05, 4.69) is 0 Å². The van der Waals surface area contributed by atoms with Crippen molar-refractivity contribution in [3.05, 3.63) is 0 Å². The Balaban J connectivity index is 2.71. The highest BCUT2D eigenvalue weighted by atomic mass is 32.2. The van der Waals surface area contributed by atoms with Gasteiger partial charge in [0.25, 0.3) is 0 Å². The first kappa shape index (κ1) is 10.7. The van der Waals surface area contributed by atoms with Crippen LogP contribution in [0.15, 0.2) is 0 Å². The maximum absolute atomic E-state index is 11.5. The Hall–Kier alpha value is -0.380. The van der Waals surface area contributed by atoms with Crippen molar-refractivity contribution in [1.82, 2.24) is 0 Å². The molecule has 0 saturated carbocycles. The third kappa shape index (κ3) is 2.10. The van der Waals surface area contributed by atoms with Gasteiger partial charge in [0.1, 0.15) is 5.78 Å². The summed E-state index contributed by atoms with van der Waals surface area (Å²) >= 11 is 0. The van der Waals surface area contributed by atoms with Crippen LogP contribution < -0.4 is 0 Å². The molecule has 0 aromatic heterocycles. The number of sulfone groups is 1. The molecule has 1 heterocycles. The van der Waals surface area contributed by atoms with Crippen LogP contribution in [0.3, 0.4) is 0 Å². The lowest BCUT2D eigenvalue weighted by atomic mass is 9.95. The van der Waals surface area contributed by atoms with E-state index < -0.39 is 15.1 Å². The van der Waals surface area contributed by atoms with Gasteiger partial charge in [0.15, 0.2) is 9.84 Å². The van der Waals surface area contributed by atoms with Gasteiger partial charge in [0.2, 0.25) is 0 Å². The van der Waals surface area contributed by atoms with E-state index in [9.17, 15) is 13.2 Å². The van der Waals surface area contributed by atoms with Crippen molar-refractivity contribution in [2.75, 3.05) is 5.75 Å². The van der Waals surface area contributed by atoms with Crippen LogP contribution in [0.5, 0.6) is 0 Å². The zero-order valence-electron chi connectivity index (χ0n) is 8.12. The second-order valence-corrected chi connectivity index (χ2v) is 6.16. The minimum atomic E-state index is -2.96. The third-order valence-electron chi connectivity index (χ3n) is 2.76. The van der Waals surface area contributed by atoms with Crippen molar-refractivity contribution in [2.24, 2.45) is 5.92 Å². The Kier molecular flexibility index (Phi) is 3.11. The summed E-state index contributed by atoms with van der Waals surface area (Å²) in [7, 11) is -2.96. The number of carbonyl (C=O) groups excluding carboxylic acids is 1. The van der Waals surface area contributed by atoms with E-state index in [1.54, 1.807) is 6.92 Å². The Morgan fingerprint density at radius 1 is 1.46 bits per heavy atom. The van der Waals surface area contributed by atoms with Gasteiger partial charge < -0.3 is 0 Å². The largest absolute Gasteiger partial charge is 0.299 e. The molecule has 1 aliphatic rings. The summed E-state index contributed by atoms with van der Waals surface area (Å²) < 4.78 is 22.7. The molecule has 3 nitrogen and oxygen atoms in total. The van der Waals surface area contributed by atoms with Crippen molar-refractivity contribution < 1.29 is 13.2 Å². The maximum atomic E-state index is 11.5. The van der Waals surface area contributed by atoms with Gasteiger partial charge in [0.05, 0.1) is 11.0 Å². The molecule has 76 valence electrons. The molecule has 0 amide bonds. The number of Topliss-reactive ketones (excluding diaryl/α,β-unsaturated/α-hetero) is 1. The number of rotatable bonds is 3. The third-order valence-corrected chi connectivity index (χ3v) is 5.02. The van der Waals surface area contributed by atoms with Crippen LogP contribution >= 0.6 is 0 Å². The smallest absolute Gasteiger partial charge is 0.153 e. The first-order valence-corrected chi connectivity index (χ1v) is 6.45. The van der Waals surface area contributed by atoms with Crippen LogP contribution in [0.25, 0.3) is 0 Å². The highest BCUT2D eigenvalue weighted by Gasteiger charge is 2.39. The quantitative estimate of drug-likeness (QED) is 0.693. The normalized spacial score (nSPS) is 31.8. The minimum Gasteiger partial charge on any atom is -0.299 e. The van der Waals surface area contributed by atoms with Gasteiger partial charge in [-0.05, 0) is 19.8 Å². The minimum absolute atomic E-state index is 0.121. The number of hydrogen-bond acceptors (Lipinski definition) is 3. The highest BCUT2D eigenvalue weighted by Crippen LogP contribution is 2.28. The van der Waals surface area contributed by atoms with Crippen LogP contribution in [0.1, 0.15) is 33.1 Å².